The summed E-state index contributed by atoms with van der Waals surface area (Å²) >= 11 is 0. The summed E-state index contributed by atoms with van der Waals surface area (Å²) in [4.78, 5) is 7.02. The van der Waals surface area contributed by atoms with E-state index in [1.54, 1.807) is 0 Å². The van der Waals surface area contributed by atoms with Gasteiger partial charge in [0.2, 0.25) is 0 Å². The molecule has 170 valence electrons. The molecule has 0 saturated heterocycles. The predicted octanol–water partition coefficient (Wildman–Crippen LogP) is 6.15. The topological polar surface area (TPSA) is 41.6 Å². The molecule has 4 aromatic rings. The van der Waals surface area contributed by atoms with Crippen LogP contribution < -0.4 is 5.73 Å². The smallest absolute Gasteiger partial charge is 0.151 e. The number of hydrogen-bond donors (Lipinski definition) is 1. The minimum Gasteiger partial charge on any atom is -0.390 e. The Morgan fingerprint density at radius 2 is 1.26 bits per heavy atom. The number of benzene rings is 4. The second kappa shape index (κ2) is 10.7. The summed E-state index contributed by atoms with van der Waals surface area (Å²) in [5.41, 5.74) is 11.8. The third-order valence-electron chi connectivity index (χ3n) is 6.19. The largest absolute Gasteiger partial charge is 0.390 e. The monoisotopic (exact) mass is 445 g/mol. The molecule has 4 rings (SSSR count). The van der Waals surface area contributed by atoms with Crippen LogP contribution in [0, 0.1) is 0 Å². The van der Waals surface area contributed by atoms with Crippen molar-refractivity contribution >= 4 is 6.34 Å². The molecule has 4 aromatic carbocycles. The lowest BCUT2D eigenvalue weighted by Gasteiger charge is -2.38. The average molecular weight is 446 g/mol. The zero-order chi connectivity index (χ0) is 23.8. The Balaban J connectivity index is 1.66. The van der Waals surface area contributed by atoms with Gasteiger partial charge in [0.15, 0.2) is 5.54 Å². The molecule has 0 aliphatic rings. The van der Waals surface area contributed by atoms with Crippen LogP contribution in [0.2, 0.25) is 0 Å². The van der Waals surface area contributed by atoms with Crippen LogP contribution in [0.4, 0.5) is 0 Å². The highest BCUT2D eigenvalue weighted by Crippen LogP contribution is 2.41. The summed E-state index contributed by atoms with van der Waals surface area (Å²) in [6.07, 6.45) is 2.30. The standard InChI is InChI=1S/C31H31N3/c1-25(31(33-24-32,29-17-8-4-9-18-29)30-19-10-5-11-20-30)34(2)23-28-16-12-15-27(22-28)21-26-13-6-3-7-14-26/h3-20,22,24H,1,21,23H2,2H3,(H2,32,33). The molecule has 0 heterocycles. The van der Waals surface area contributed by atoms with Gasteiger partial charge in [-0.15, -0.1) is 0 Å². The van der Waals surface area contributed by atoms with Crippen molar-refractivity contribution in [3.8, 4) is 0 Å². The quantitative estimate of drug-likeness (QED) is 0.248. The van der Waals surface area contributed by atoms with Crippen LogP contribution in [0.15, 0.2) is 133 Å². The minimum atomic E-state index is -0.812. The van der Waals surface area contributed by atoms with Gasteiger partial charge >= 0.3 is 0 Å². The van der Waals surface area contributed by atoms with Crippen LogP contribution in [0.1, 0.15) is 27.8 Å². The summed E-state index contributed by atoms with van der Waals surface area (Å²) in [7, 11) is 2.07. The molecule has 0 radical (unpaired) electrons. The van der Waals surface area contributed by atoms with Crippen LogP contribution in [-0.2, 0) is 18.5 Å². The summed E-state index contributed by atoms with van der Waals surface area (Å²) in [5.74, 6) is 0. The van der Waals surface area contributed by atoms with Gasteiger partial charge in [-0.25, -0.2) is 0 Å². The van der Waals surface area contributed by atoms with Crippen molar-refractivity contribution in [1.29, 1.82) is 0 Å². The number of nitrogens with zero attached hydrogens (tertiary/aromatic N) is 2. The molecular formula is C31H31N3. The molecule has 2 N–H and O–H groups in total. The molecule has 3 nitrogen and oxygen atoms in total. The number of nitrogens with two attached hydrogens (primary N) is 1. The number of aliphatic imine (C=N–C) groups is 1. The van der Waals surface area contributed by atoms with Gasteiger partial charge in [0, 0.05) is 19.3 Å². The first kappa shape index (κ1) is 23.1. The molecule has 0 spiro atoms. The Morgan fingerprint density at radius 1 is 0.765 bits per heavy atom. The van der Waals surface area contributed by atoms with Crippen LogP contribution in [0.3, 0.4) is 0 Å². The maximum absolute atomic E-state index is 5.92. The predicted molar refractivity (Wildman–Crippen MR) is 143 cm³/mol. The van der Waals surface area contributed by atoms with Crippen molar-refractivity contribution in [2.75, 3.05) is 7.05 Å². The first-order valence-electron chi connectivity index (χ1n) is 11.5. The number of hydrogen-bond acceptors (Lipinski definition) is 2. The van der Waals surface area contributed by atoms with Crippen molar-refractivity contribution in [1.82, 2.24) is 4.90 Å². The third kappa shape index (κ3) is 4.94. The van der Waals surface area contributed by atoms with Crippen molar-refractivity contribution in [2.45, 2.75) is 18.5 Å². The van der Waals surface area contributed by atoms with Crippen LogP contribution >= 0.6 is 0 Å². The molecule has 0 fully saturated rings. The van der Waals surface area contributed by atoms with Gasteiger partial charge in [0.1, 0.15) is 0 Å². The molecule has 0 bridgehead atoms. The van der Waals surface area contributed by atoms with Gasteiger partial charge in [-0.05, 0) is 34.2 Å². The second-order valence-corrected chi connectivity index (χ2v) is 8.51. The van der Waals surface area contributed by atoms with Gasteiger partial charge < -0.3 is 10.6 Å². The first-order valence-corrected chi connectivity index (χ1v) is 11.5. The number of likely N-dealkylation sites (N-methyl/N-ethyl adjacent to an activating group) is 1. The molecule has 0 unspecified atom stereocenters. The fourth-order valence-corrected chi connectivity index (χ4v) is 4.51. The van der Waals surface area contributed by atoms with Crippen LogP contribution in [0.5, 0.6) is 0 Å². The lowest BCUT2D eigenvalue weighted by Crippen LogP contribution is -2.36. The van der Waals surface area contributed by atoms with Gasteiger partial charge in [-0.1, -0.05) is 122 Å². The Kier molecular flexibility index (Phi) is 7.24. The normalized spacial score (nSPS) is 11.4. The van der Waals surface area contributed by atoms with Crippen LogP contribution in [0.25, 0.3) is 0 Å². The zero-order valence-electron chi connectivity index (χ0n) is 19.6. The SMILES string of the molecule is C=C(N(C)Cc1cccc(Cc2ccccc2)c1)C(N=CN)(c1ccccc1)c1ccccc1. The summed E-state index contributed by atoms with van der Waals surface area (Å²) in [5, 5.41) is 0. The van der Waals surface area contributed by atoms with Gasteiger partial charge in [-0.3, -0.25) is 4.99 Å². The maximum Gasteiger partial charge on any atom is 0.151 e. The molecule has 0 aliphatic carbocycles. The highest BCUT2D eigenvalue weighted by Gasteiger charge is 2.38. The second-order valence-electron chi connectivity index (χ2n) is 8.51. The van der Waals surface area contributed by atoms with E-state index < -0.39 is 5.54 Å². The van der Waals surface area contributed by atoms with Crippen molar-refractivity contribution in [3.05, 3.63) is 155 Å². The average Bonchev–Trinajstić information content (AvgIpc) is 2.89. The highest BCUT2D eigenvalue weighted by atomic mass is 15.1. The van der Waals surface area contributed by atoms with Gasteiger partial charge in [0.05, 0.1) is 6.34 Å². The molecule has 0 atom stereocenters. The van der Waals surface area contributed by atoms with Crippen molar-refractivity contribution in [3.63, 3.8) is 0 Å². The van der Waals surface area contributed by atoms with E-state index in [4.69, 9.17) is 10.7 Å². The zero-order valence-corrected chi connectivity index (χ0v) is 19.6. The Bertz CT molecular complexity index is 1190. The highest BCUT2D eigenvalue weighted by molar-refractivity contribution is 5.58. The van der Waals surface area contributed by atoms with E-state index in [2.05, 4.69) is 97.4 Å². The summed E-state index contributed by atoms with van der Waals surface area (Å²) < 4.78 is 0. The van der Waals surface area contributed by atoms with E-state index in [0.29, 0.717) is 6.54 Å². The fraction of sp³-hybridized carbons (Fsp3) is 0.129. The maximum atomic E-state index is 5.92. The third-order valence-corrected chi connectivity index (χ3v) is 6.19. The van der Waals surface area contributed by atoms with Gasteiger partial charge in [0.25, 0.3) is 0 Å². The molecule has 0 amide bonds. The summed E-state index contributed by atoms with van der Waals surface area (Å²) in [6, 6.07) is 39.8. The Hall–Kier alpha value is -4.11. The van der Waals surface area contributed by atoms with Crippen molar-refractivity contribution in [2.24, 2.45) is 10.7 Å². The molecule has 0 saturated carbocycles. The van der Waals surface area contributed by atoms with E-state index in [0.717, 1.165) is 23.2 Å². The first-order chi connectivity index (χ1) is 16.6. The Morgan fingerprint density at radius 3 is 1.82 bits per heavy atom. The Labute approximate surface area is 202 Å². The van der Waals surface area contributed by atoms with E-state index in [1.165, 1.54) is 23.0 Å². The lowest BCUT2D eigenvalue weighted by molar-refractivity contribution is 0.350. The fourth-order valence-electron chi connectivity index (χ4n) is 4.51. The minimum absolute atomic E-state index is 0.711. The molecule has 0 aromatic heterocycles. The van der Waals surface area contributed by atoms with E-state index in [1.807, 2.05) is 36.4 Å². The summed E-state index contributed by atoms with van der Waals surface area (Å²) in [6.45, 7) is 5.25. The van der Waals surface area contributed by atoms with E-state index >= 15 is 0 Å². The molecule has 3 heteroatoms. The van der Waals surface area contributed by atoms with E-state index in [9.17, 15) is 0 Å². The van der Waals surface area contributed by atoms with Crippen LogP contribution in [-0.4, -0.2) is 18.3 Å². The molecule has 34 heavy (non-hydrogen) atoms. The molecular weight excluding hydrogens is 414 g/mol. The van der Waals surface area contributed by atoms with Crippen molar-refractivity contribution < 1.29 is 0 Å². The van der Waals surface area contributed by atoms with Gasteiger partial charge in [-0.2, -0.15) is 0 Å². The number of rotatable bonds is 9. The van der Waals surface area contributed by atoms with E-state index in [-0.39, 0.29) is 0 Å². The lowest BCUT2D eigenvalue weighted by atomic mass is 9.80. The molecule has 0 aliphatic heterocycles.